The van der Waals surface area contributed by atoms with Crippen LogP contribution in [-0.4, -0.2) is 23.2 Å². The van der Waals surface area contributed by atoms with Gasteiger partial charge in [-0.25, -0.2) is 0 Å². The maximum Gasteiger partial charge on any atom is 0.270 e. The zero-order chi connectivity index (χ0) is 14.9. The van der Waals surface area contributed by atoms with Crippen molar-refractivity contribution < 1.29 is 4.79 Å². The monoisotopic (exact) mass is 296 g/mol. The quantitative estimate of drug-likeness (QED) is 0.672. The van der Waals surface area contributed by atoms with Crippen LogP contribution in [-0.2, 0) is 6.42 Å². The normalized spacial score (nSPS) is 9.57. The molecule has 0 saturated heterocycles. The molecule has 0 saturated carbocycles. The van der Waals surface area contributed by atoms with Crippen LogP contribution < -0.4 is 5.32 Å². The highest BCUT2D eigenvalue weighted by molar-refractivity contribution is 7.80. The summed E-state index contributed by atoms with van der Waals surface area (Å²) in [6, 6.07) is 13.2. The van der Waals surface area contributed by atoms with Crippen LogP contribution in [0.5, 0.6) is 0 Å². The fraction of sp³-hybridized carbons (Fsp3) is 0.176. The SMILES string of the molecule is O=C(NCC#Cc1ccccc1CCS)c1ccccn1. The van der Waals surface area contributed by atoms with E-state index >= 15 is 0 Å². The first-order valence-corrected chi connectivity index (χ1v) is 7.31. The lowest BCUT2D eigenvalue weighted by atomic mass is 10.1. The van der Waals surface area contributed by atoms with E-state index < -0.39 is 0 Å². The smallest absolute Gasteiger partial charge is 0.270 e. The second-order valence-electron chi connectivity index (χ2n) is 4.33. The first-order chi connectivity index (χ1) is 10.3. The van der Waals surface area contributed by atoms with E-state index in [0.717, 1.165) is 17.7 Å². The number of nitrogens with one attached hydrogen (secondary N) is 1. The maximum atomic E-state index is 11.8. The Balaban J connectivity index is 1.94. The third kappa shape index (κ3) is 4.66. The molecule has 1 aromatic heterocycles. The number of thiol groups is 1. The molecule has 4 heteroatoms. The van der Waals surface area contributed by atoms with Crippen molar-refractivity contribution in [1.82, 2.24) is 10.3 Å². The number of pyridine rings is 1. The van der Waals surface area contributed by atoms with Crippen LogP contribution in [0.25, 0.3) is 0 Å². The average Bonchev–Trinajstić information content (AvgIpc) is 2.54. The molecule has 2 aromatic rings. The van der Waals surface area contributed by atoms with Gasteiger partial charge in [0.05, 0.1) is 6.54 Å². The molecule has 106 valence electrons. The Hall–Kier alpha value is -2.25. The van der Waals surface area contributed by atoms with Gasteiger partial charge >= 0.3 is 0 Å². The molecule has 0 aliphatic heterocycles. The van der Waals surface area contributed by atoms with Gasteiger partial charge in [0.15, 0.2) is 0 Å². The molecular formula is C17H16N2OS. The van der Waals surface area contributed by atoms with Gasteiger partial charge in [0, 0.05) is 11.8 Å². The van der Waals surface area contributed by atoms with Crippen LogP contribution in [0.1, 0.15) is 21.6 Å². The van der Waals surface area contributed by atoms with Gasteiger partial charge in [-0.15, -0.1) is 0 Å². The number of hydrogen-bond acceptors (Lipinski definition) is 3. The number of rotatable bonds is 4. The molecule has 0 fully saturated rings. The third-order valence-corrected chi connectivity index (χ3v) is 3.08. The number of carbonyl (C=O) groups excluding carboxylic acids is 1. The molecule has 2 rings (SSSR count). The molecular weight excluding hydrogens is 280 g/mol. The molecule has 0 radical (unpaired) electrons. The van der Waals surface area contributed by atoms with Crippen molar-refractivity contribution >= 4 is 18.5 Å². The molecule has 1 heterocycles. The second kappa shape index (κ2) is 8.13. The van der Waals surface area contributed by atoms with Crippen molar-refractivity contribution in [3.63, 3.8) is 0 Å². The van der Waals surface area contributed by atoms with Crippen molar-refractivity contribution in [3.8, 4) is 11.8 Å². The van der Waals surface area contributed by atoms with Crippen LogP contribution in [0.15, 0.2) is 48.7 Å². The van der Waals surface area contributed by atoms with Gasteiger partial charge in [-0.05, 0) is 35.9 Å². The summed E-state index contributed by atoms with van der Waals surface area (Å²) in [7, 11) is 0. The number of nitrogens with zero attached hydrogens (tertiary/aromatic N) is 1. The van der Waals surface area contributed by atoms with E-state index in [1.807, 2.05) is 24.3 Å². The molecule has 0 bridgehead atoms. The molecule has 3 nitrogen and oxygen atoms in total. The lowest BCUT2D eigenvalue weighted by Crippen LogP contribution is -2.24. The average molecular weight is 296 g/mol. The molecule has 21 heavy (non-hydrogen) atoms. The Morgan fingerprint density at radius 3 is 2.76 bits per heavy atom. The van der Waals surface area contributed by atoms with E-state index in [1.54, 1.807) is 24.4 Å². The fourth-order valence-electron chi connectivity index (χ4n) is 1.83. The number of carbonyl (C=O) groups is 1. The predicted octanol–water partition coefficient (Wildman–Crippen LogP) is 2.34. The van der Waals surface area contributed by atoms with E-state index in [9.17, 15) is 4.79 Å². The van der Waals surface area contributed by atoms with Gasteiger partial charge in [-0.2, -0.15) is 12.6 Å². The van der Waals surface area contributed by atoms with Gasteiger partial charge in [0.25, 0.3) is 5.91 Å². The lowest BCUT2D eigenvalue weighted by Gasteiger charge is -2.01. The Morgan fingerprint density at radius 2 is 2.00 bits per heavy atom. The van der Waals surface area contributed by atoms with Gasteiger partial charge in [-0.1, -0.05) is 36.1 Å². The highest BCUT2D eigenvalue weighted by atomic mass is 32.1. The summed E-state index contributed by atoms with van der Waals surface area (Å²) in [5.41, 5.74) is 2.56. The van der Waals surface area contributed by atoms with Crippen LogP contribution in [0, 0.1) is 11.8 Å². The first-order valence-electron chi connectivity index (χ1n) is 6.68. The van der Waals surface area contributed by atoms with E-state index in [4.69, 9.17) is 0 Å². The summed E-state index contributed by atoms with van der Waals surface area (Å²) >= 11 is 4.24. The summed E-state index contributed by atoms with van der Waals surface area (Å²) in [4.78, 5) is 15.8. The topological polar surface area (TPSA) is 42.0 Å². The molecule has 0 unspecified atom stereocenters. The van der Waals surface area contributed by atoms with Crippen molar-refractivity contribution in [2.75, 3.05) is 12.3 Å². The Morgan fingerprint density at radius 1 is 1.19 bits per heavy atom. The van der Waals surface area contributed by atoms with Gasteiger partial charge < -0.3 is 5.32 Å². The maximum absolute atomic E-state index is 11.8. The highest BCUT2D eigenvalue weighted by Gasteiger charge is 2.03. The zero-order valence-corrected chi connectivity index (χ0v) is 12.4. The Labute approximate surface area is 130 Å². The van der Waals surface area contributed by atoms with Gasteiger partial charge in [0.1, 0.15) is 5.69 Å². The number of aryl methyl sites for hydroxylation is 1. The van der Waals surface area contributed by atoms with E-state index in [-0.39, 0.29) is 5.91 Å². The largest absolute Gasteiger partial charge is 0.340 e. The second-order valence-corrected chi connectivity index (χ2v) is 4.78. The number of aromatic nitrogens is 1. The highest BCUT2D eigenvalue weighted by Crippen LogP contribution is 2.08. The summed E-state index contributed by atoms with van der Waals surface area (Å²) in [5.74, 6) is 6.62. The summed E-state index contributed by atoms with van der Waals surface area (Å²) in [5, 5.41) is 2.73. The summed E-state index contributed by atoms with van der Waals surface area (Å²) in [6.45, 7) is 0.296. The molecule has 1 N–H and O–H groups in total. The number of benzene rings is 1. The minimum Gasteiger partial charge on any atom is -0.340 e. The van der Waals surface area contributed by atoms with Crippen molar-refractivity contribution in [1.29, 1.82) is 0 Å². The molecule has 1 aromatic carbocycles. The fourth-order valence-corrected chi connectivity index (χ4v) is 2.07. The van der Waals surface area contributed by atoms with Crippen LogP contribution in [0.4, 0.5) is 0 Å². The standard InChI is InChI=1S/C17H16N2OS/c20-17(16-9-3-4-11-18-16)19-12-5-8-14-6-1-2-7-15(14)10-13-21/h1-4,6-7,9,11,21H,10,12-13H2,(H,19,20). The van der Waals surface area contributed by atoms with Crippen LogP contribution >= 0.6 is 12.6 Å². The molecule has 1 amide bonds. The third-order valence-electron chi connectivity index (χ3n) is 2.86. The van der Waals surface area contributed by atoms with Crippen LogP contribution in [0.2, 0.25) is 0 Å². The summed E-state index contributed by atoms with van der Waals surface area (Å²) < 4.78 is 0. The van der Waals surface area contributed by atoms with Gasteiger partial charge in [-0.3, -0.25) is 9.78 Å². The molecule has 0 aliphatic rings. The first kappa shape index (κ1) is 15.1. The van der Waals surface area contributed by atoms with E-state index in [0.29, 0.717) is 12.2 Å². The lowest BCUT2D eigenvalue weighted by molar-refractivity contribution is 0.0954. The van der Waals surface area contributed by atoms with E-state index in [2.05, 4.69) is 34.8 Å². The number of amides is 1. The predicted molar refractivity (Wildman–Crippen MR) is 87.4 cm³/mol. The van der Waals surface area contributed by atoms with Crippen molar-refractivity contribution in [2.24, 2.45) is 0 Å². The molecule has 0 aliphatic carbocycles. The Kier molecular flexibility index (Phi) is 5.86. The number of hydrogen-bond donors (Lipinski definition) is 2. The summed E-state index contributed by atoms with van der Waals surface area (Å²) in [6.07, 6.45) is 2.47. The van der Waals surface area contributed by atoms with Gasteiger partial charge in [0.2, 0.25) is 0 Å². The van der Waals surface area contributed by atoms with Crippen LogP contribution in [0.3, 0.4) is 0 Å². The molecule has 0 atom stereocenters. The van der Waals surface area contributed by atoms with Crippen molar-refractivity contribution in [2.45, 2.75) is 6.42 Å². The zero-order valence-electron chi connectivity index (χ0n) is 11.5. The minimum atomic E-state index is -0.214. The van der Waals surface area contributed by atoms with Crippen molar-refractivity contribution in [3.05, 3.63) is 65.5 Å². The molecule has 0 spiro atoms. The Bertz CT molecular complexity index is 659. The minimum absolute atomic E-state index is 0.214. The van der Waals surface area contributed by atoms with E-state index in [1.165, 1.54) is 5.56 Å².